The highest BCUT2D eigenvalue weighted by Gasteiger charge is 2.07. The van der Waals surface area contributed by atoms with E-state index in [4.69, 9.17) is 0 Å². The molecular formula is C11H9FN2OS. The smallest absolute Gasteiger partial charge is 0.230 e. The van der Waals surface area contributed by atoms with E-state index in [9.17, 15) is 9.18 Å². The largest absolute Gasteiger partial charge is 0.323 e. The lowest BCUT2D eigenvalue weighted by atomic mass is 10.2. The Bertz CT molecular complexity index is 484. The summed E-state index contributed by atoms with van der Waals surface area (Å²) in [6.07, 6.45) is 0.165. The normalized spacial score (nSPS) is 10.1. The number of nitrogens with zero attached hydrogens (tertiary/aromatic N) is 1. The number of carbonyl (C=O) groups excluding carboxylic acids is 1. The van der Waals surface area contributed by atoms with Gasteiger partial charge in [0.05, 0.1) is 23.3 Å². The number of hydrogen-bond acceptors (Lipinski definition) is 3. The average molecular weight is 236 g/mol. The summed E-state index contributed by atoms with van der Waals surface area (Å²) in [4.78, 5) is 15.5. The lowest BCUT2D eigenvalue weighted by Gasteiger charge is -2.04. The van der Waals surface area contributed by atoms with Crippen molar-refractivity contribution >= 4 is 22.9 Å². The molecule has 0 aliphatic carbocycles. The van der Waals surface area contributed by atoms with Crippen molar-refractivity contribution in [2.24, 2.45) is 0 Å². The van der Waals surface area contributed by atoms with Crippen molar-refractivity contribution in [3.8, 4) is 0 Å². The first kappa shape index (κ1) is 10.8. The lowest BCUT2D eigenvalue weighted by molar-refractivity contribution is -0.115. The van der Waals surface area contributed by atoms with Crippen molar-refractivity contribution in [1.29, 1.82) is 0 Å². The lowest BCUT2D eigenvalue weighted by Crippen LogP contribution is -2.15. The first-order valence-electron chi connectivity index (χ1n) is 4.67. The molecule has 3 nitrogen and oxygen atoms in total. The Labute approximate surface area is 96.0 Å². The van der Waals surface area contributed by atoms with Gasteiger partial charge >= 0.3 is 0 Å². The minimum Gasteiger partial charge on any atom is -0.323 e. The number of carbonyl (C=O) groups is 1. The summed E-state index contributed by atoms with van der Waals surface area (Å²) < 4.78 is 13.2. The third-order valence-corrected chi connectivity index (χ3v) is 2.61. The number of thiazole rings is 1. The van der Waals surface area contributed by atoms with Crippen LogP contribution in [0.4, 0.5) is 10.1 Å². The summed E-state index contributed by atoms with van der Waals surface area (Å²) in [7, 11) is 0. The van der Waals surface area contributed by atoms with Crippen molar-refractivity contribution in [2.75, 3.05) is 5.32 Å². The predicted octanol–water partition coefficient (Wildman–Crippen LogP) is 2.46. The highest BCUT2D eigenvalue weighted by atomic mass is 32.1. The van der Waals surface area contributed by atoms with Crippen LogP contribution in [0.3, 0.4) is 0 Å². The zero-order chi connectivity index (χ0) is 11.4. The molecule has 0 aliphatic rings. The van der Waals surface area contributed by atoms with Crippen LogP contribution in [-0.2, 0) is 11.2 Å². The maximum atomic E-state index is 13.2. The fourth-order valence-corrected chi connectivity index (χ4v) is 1.80. The van der Waals surface area contributed by atoms with Crippen LogP contribution in [0.1, 0.15) is 5.69 Å². The molecule has 0 unspecified atom stereocenters. The number of rotatable bonds is 3. The van der Waals surface area contributed by atoms with E-state index in [2.05, 4.69) is 10.3 Å². The van der Waals surface area contributed by atoms with Crippen LogP contribution in [0.2, 0.25) is 0 Å². The molecule has 0 spiro atoms. The third kappa shape index (κ3) is 2.64. The van der Waals surface area contributed by atoms with E-state index in [0.717, 1.165) is 0 Å². The molecule has 5 heteroatoms. The standard InChI is InChI=1S/C11H9FN2OS/c12-9-3-1-2-4-10(9)14-11(15)5-8-6-16-7-13-8/h1-4,6-7H,5H2,(H,14,15). The van der Waals surface area contributed by atoms with E-state index in [0.29, 0.717) is 5.69 Å². The highest BCUT2D eigenvalue weighted by molar-refractivity contribution is 7.07. The molecule has 0 radical (unpaired) electrons. The Morgan fingerprint density at radius 3 is 2.94 bits per heavy atom. The van der Waals surface area contributed by atoms with E-state index in [1.807, 2.05) is 0 Å². The van der Waals surface area contributed by atoms with Crippen molar-refractivity contribution < 1.29 is 9.18 Å². The van der Waals surface area contributed by atoms with Crippen LogP contribution < -0.4 is 5.32 Å². The summed E-state index contributed by atoms with van der Waals surface area (Å²) in [5.74, 6) is -0.704. The number of halogens is 1. The molecule has 2 rings (SSSR count). The number of hydrogen-bond donors (Lipinski definition) is 1. The summed E-state index contributed by atoms with van der Waals surface area (Å²) in [5.41, 5.74) is 2.55. The van der Waals surface area contributed by atoms with Crippen LogP contribution in [0.15, 0.2) is 35.2 Å². The van der Waals surface area contributed by atoms with Gasteiger partial charge in [-0.1, -0.05) is 12.1 Å². The van der Waals surface area contributed by atoms with Gasteiger partial charge in [0.2, 0.25) is 5.91 Å². The number of aromatic nitrogens is 1. The van der Waals surface area contributed by atoms with Crippen LogP contribution in [-0.4, -0.2) is 10.9 Å². The summed E-state index contributed by atoms with van der Waals surface area (Å²) >= 11 is 1.43. The van der Waals surface area contributed by atoms with Crippen molar-refractivity contribution in [3.05, 3.63) is 46.7 Å². The topological polar surface area (TPSA) is 42.0 Å². The molecule has 82 valence electrons. The summed E-state index contributed by atoms with van der Waals surface area (Å²) in [6, 6.07) is 6.07. The number of para-hydroxylation sites is 1. The summed E-state index contributed by atoms with van der Waals surface area (Å²) in [6.45, 7) is 0. The van der Waals surface area contributed by atoms with Gasteiger partial charge in [0.15, 0.2) is 0 Å². The average Bonchev–Trinajstić information content (AvgIpc) is 2.74. The number of benzene rings is 1. The minimum absolute atomic E-state index is 0.165. The SMILES string of the molecule is O=C(Cc1cscn1)Nc1ccccc1F. The zero-order valence-corrected chi connectivity index (χ0v) is 9.13. The van der Waals surface area contributed by atoms with Gasteiger partial charge in [-0.3, -0.25) is 4.79 Å². The second kappa shape index (κ2) is 4.85. The fraction of sp³-hybridized carbons (Fsp3) is 0.0909. The van der Waals surface area contributed by atoms with E-state index in [1.165, 1.54) is 23.5 Å². The fourth-order valence-electron chi connectivity index (χ4n) is 1.25. The number of amides is 1. The molecule has 1 heterocycles. The second-order valence-electron chi connectivity index (χ2n) is 3.18. The molecule has 1 N–H and O–H groups in total. The molecule has 0 atom stereocenters. The first-order chi connectivity index (χ1) is 7.75. The zero-order valence-electron chi connectivity index (χ0n) is 8.31. The maximum Gasteiger partial charge on any atom is 0.230 e. The van der Waals surface area contributed by atoms with Crippen LogP contribution in [0, 0.1) is 5.82 Å². The Morgan fingerprint density at radius 1 is 1.44 bits per heavy atom. The monoisotopic (exact) mass is 236 g/mol. The Hall–Kier alpha value is -1.75. The second-order valence-corrected chi connectivity index (χ2v) is 3.90. The number of nitrogens with one attached hydrogen (secondary N) is 1. The van der Waals surface area contributed by atoms with Crippen molar-refractivity contribution in [1.82, 2.24) is 4.98 Å². The van der Waals surface area contributed by atoms with E-state index in [-0.39, 0.29) is 18.0 Å². The molecule has 16 heavy (non-hydrogen) atoms. The molecule has 0 bridgehead atoms. The molecule has 0 aliphatic heterocycles. The van der Waals surface area contributed by atoms with Gasteiger partial charge in [0.1, 0.15) is 5.82 Å². The molecule has 1 aromatic heterocycles. The highest BCUT2D eigenvalue weighted by Crippen LogP contribution is 2.12. The Morgan fingerprint density at radius 2 is 2.25 bits per heavy atom. The predicted molar refractivity (Wildman–Crippen MR) is 60.8 cm³/mol. The van der Waals surface area contributed by atoms with Gasteiger partial charge in [-0.25, -0.2) is 9.37 Å². The molecule has 1 aromatic carbocycles. The Balaban J connectivity index is 2.00. The Kier molecular flexibility index (Phi) is 3.26. The van der Waals surface area contributed by atoms with Crippen LogP contribution in [0.25, 0.3) is 0 Å². The molecule has 1 amide bonds. The third-order valence-electron chi connectivity index (χ3n) is 1.97. The van der Waals surface area contributed by atoms with Crippen molar-refractivity contribution in [3.63, 3.8) is 0 Å². The van der Waals surface area contributed by atoms with Gasteiger partial charge in [0, 0.05) is 5.38 Å². The van der Waals surface area contributed by atoms with Gasteiger partial charge in [0.25, 0.3) is 0 Å². The molecule has 2 aromatic rings. The van der Waals surface area contributed by atoms with Gasteiger partial charge < -0.3 is 5.32 Å². The van der Waals surface area contributed by atoms with Gasteiger partial charge in [-0.05, 0) is 12.1 Å². The van der Waals surface area contributed by atoms with Crippen LogP contribution >= 0.6 is 11.3 Å². The summed E-state index contributed by atoms with van der Waals surface area (Å²) in [5, 5.41) is 4.29. The van der Waals surface area contributed by atoms with Crippen molar-refractivity contribution in [2.45, 2.75) is 6.42 Å². The van der Waals surface area contributed by atoms with Gasteiger partial charge in [-0.15, -0.1) is 11.3 Å². The van der Waals surface area contributed by atoms with E-state index < -0.39 is 5.82 Å². The minimum atomic E-state index is -0.436. The van der Waals surface area contributed by atoms with Crippen LogP contribution in [0.5, 0.6) is 0 Å². The quantitative estimate of drug-likeness (QED) is 0.889. The number of anilines is 1. The molecular weight excluding hydrogens is 227 g/mol. The van der Waals surface area contributed by atoms with E-state index in [1.54, 1.807) is 23.0 Å². The molecule has 0 saturated carbocycles. The molecule has 0 saturated heterocycles. The first-order valence-corrected chi connectivity index (χ1v) is 5.61. The maximum absolute atomic E-state index is 13.2. The van der Waals surface area contributed by atoms with E-state index >= 15 is 0 Å². The molecule has 0 fully saturated rings. The van der Waals surface area contributed by atoms with Gasteiger partial charge in [-0.2, -0.15) is 0 Å².